The van der Waals surface area contributed by atoms with E-state index in [9.17, 15) is 36.8 Å². The zero-order valence-corrected chi connectivity index (χ0v) is 22.6. The number of nitrogens with zero attached hydrogens (tertiary/aromatic N) is 1. The number of halogens is 4. The average molecular weight is 595 g/mol. The molecule has 2 N–H and O–H groups in total. The molecule has 3 aromatic rings. The van der Waals surface area contributed by atoms with Crippen LogP contribution in [0.4, 0.5) is 18.9 Å². The van der Waals surface area contributed by atoms with Crippen molar-refractivity contribution < 1.29 is 31.5 Å². The molecule has 0 aliphatic rings. The molecule has 1 amide bonds. The maximum Gasteiger partial charge on any atom is 0.418 e. The molecule has 3 aromatic carbocycles. The van der Waals surface area contributed by atoms with Crippen LogP contribution >= 0.6 is 15.9 Å². The molecule has 0 aliphatic heterocycles. The van der Waals surface area contributed by atoms with Crippen molar-refractivity contribution in [1.82, 2.24) is 0 Å². The van der Waals surface area contributed by atoms with Crippen LogP contribution < -0.4 is 5.32 Å². The van der Waals surface area contributed by atoms with Gasteiger partial charge in [0.1, 0.15) is 5.75 Å². The van der Waals surface area contributed by atoms with Crippen molar-refractivity contribution in [3.63, 3.8) is 0 Å². The average Bonchev–Trinajstić information content (AvgIpc) is 2.78. The molecule has 37 heavy (non-hydrogen) atoms. The van der Waals surface area contributed by atoms with Crippen molar-refractivity contribution >= 4 is 37.4 Å². The summed E-state index contributed by atoms with van der Waals surface area (Å²) in [6.07, 6.45) is -5.02. The fraction of sp³-hybridized carbons (Fsp3) is 0.231. The molecule has 11 heteroatoms. The highest BCUT2D eigenvalue weighted by Gasteiger charge is 2.36. The Morgan fingerprint density at radius 2 is 1.57 bits per heavy atom. The van der Waals surface area contributed by atoms with E-state index in [0.29, 0.717) is 10.5 Å². The Kier molecular flexibility index (Phi) is 7.50. The second-order valence-corrected chi connectivity index (χ2v) is 12.2. The number of phenols is 1. The molecule has 0 heterocycles. The van der Waals surface area contributed by atoms with Crippen LogP contribution in [0.3, 0.4) is 0 Å². The SMILES string of the molecule is Cc1c(C#N)cc(C(C)(C)C)c(O)c1C(=O)Nc1ccc(S(=O)(=O)c2ccc(Br)cc2)cc1C(F)(F)F. The van der Waals surface area contributed by atoms with Crippen molar-refractivity contribution in [3.8, 4) is 11.8 Å². The Labute approximate surface area is 220 Å². The summed E-state index contributed by atoms with van der Waals surface area (Å²) in [6, 6.07) is 11.0. The quantitative estimate of drug-likeness (QED) is 0.348. The minimum absolute atomic E-state index is 0.0832. The number of sulfone groups is 1. The Bertz CT molecular complexity index is 1540. The Morgan fingerprint density at radius 1 is 1.00 bits per heavy atom. The predicted molar refractivity (Wildman–Crippen MR) is 135 cm³/mol. The van der Waals surface area contributed by atoms with Crippen LogP contribution in [0.2, 0.25) is 0 Å². The molecule has 0 aromatic heterocycles. The number of alkyl halides is 3. The summed E-state index contributed by atoms with van der Waals surface area (Å²) in [5.74, 6) is -1.53. The first kappa shape index (κ1) is 28.2. The Morgan fingerprint density at radius 3 is 2.08 bits per heavy atom. The summed E-state index contributed by atoms with van der Waals surface area (Å²) in [4.78, 5) is 12.3. The molecular weight excluding hydrogens is 573 g/mol. The topological polar surface area (TPSA) is 107 Å². The van der Waals surface area contributed by atoms with Gasteiger partial charge in [0, 0.05) is 10.0 Å². The van der Waals surface area contributed by atoms with Crippen LogP contribution in [0.15, 0.2) is 62.8 Å². The molecule has 3 rings (SSSR count). The van der Waals surface area contributed by atoms with Gasteiger partial charge in [0.05, 0.1) is 38.2 Å². The van der Waals surface area contributed by atoms with Gasteiger partial charge in [-0.15, -0.1) is 0 Å². The third-order valence-electron chi connectivity index (χ3n) is 5.69. The zero-order valence-electron chi connectivity index (χ0n) is 20.2. The molecule has 0 radical (unpaired) electrons. The third-order valence-corrected chi connectivity index (χ3v) is 7.99. The largest absolute Gasteiger partial charge is 0.507 e. The first-order valence-electron chi connectivity index (χ1n) is 10.8. The number of hydrogen-bond donors (Lipinski definition) is 2. The Hall–Kier alpha value is -3.36. The van der Waals surface area contributed by atoms with Crippen LogP contribution in [-0.2, 0) is 21.4 Å². The number of nitriles is 1. The number of anilines is 1. The van der Waals surface area contributed by atoms with E-state index >= 15 is 0 Å². The van der Waals surface area contributed by atoms with Crippen LogP contribution in [0.1, 0.15) is 53.4 Å². The van der Waals surface area contributed by atoms with Crippen LogP contribution in [0, 0.1) is 18.3 Å². The highest BCUT2D eigenvalue weighted by molar-refractivity contribution is 9.10. The van der Waals surface area contributed by atoms with Gasteiger partial charge in [0.15, 0.2) is 0 Å². The van der Waals surface area contributed by atoms with E-state index in [1.165, 1.54) is 37.3 Å². The van der Waals surface area contributed by atoms with E-state index in [2.05, 4.69) is 21.2 Å². The molecule has 0 atom stereocenters. The number of carbonyl (C=O) groups excluding carboxylic acids is 1. The van der Waals surface area contributed by atoms with E-state index in [-0.39, 0.29) is 27.1 Å². The van der Waals surface area contributed by atoms with Crippen LogP contribution in [-0.4, -0.2) is 19.4 Å². The second-order valence-electron chi connectivity index (χ2n) is 9.30. The summed E-state index contributed by atoms with van der Waals surface area (Å²) in [6.45, 7) is 6.63. The van der Waals surface area contributed by atoms with Crippen molar-refractivity contribution in [2.45, 2.75) is 49.1 Å². The van der Waals surface area contributed by atoms with E-state index < -0.39 is 49.2 Å². The highest BCUT2D eigenvalue weighted by atomic mass is 79.9. The maximum absolute atomic E-state index is 14.0. The van der Waals surface area contributed by atoms with Gasteiger partial charge < -0.3 is 10.4 Å². The number of rotatable bonds is 4. The number of nitrogens with one attached hydrogen (secondary N) is 1. The standard InChI is InChI=1S/C26H22BrF3N2O4S/c1-14-15(13-31)11-20(25(2,3)4)23(33)22(14)24(34)32-21-10-9-18(12-19(21)26(28,29)30)37(35,36)17-7-5-16(27)6-8-17/h5-12,33H,1-4H3,(H,32,34). The van der Waals surface area contributed by atoms with Gasteiger partial charge in [-0.1, -0.05) is 36.7 Å². The van der Waals surface area contributed by atoms with Gasteiger partial charge in [-0.3, -0.25) is 4.79 Å². The van der Waals surface area contributed by atoms with E-state index in [4.69, 9.17) is 0 Å². The lowest BCUT2D eigenvalue weighted by molar-refractivity contribution is -0.137. The summed E-state index contributed by atoms with van der Waals surface area (Å²) in [7, 11) is -4.29. The maximum atomic E-state index is 14.0. The molecule has 194 valence electrons. The highest BCUT2D eigenvalue weighted by Crippen LogP contribution is 2.40. The molecule has 0 bridgehead atoms. The van der Waals surface area contributed by atoms with Gasteiger partial charge in [-0.05, 0) is 66.4 Å². The number of benzene rings is 3. The van der Waals surface area contributed by atoms with Crippen molar-refractivity contribution in [2.24, 2.45) is 0 Å². The molecule has 6 nitrogen and oxygen atoms in total. The number of phenolic OH excluding ortho intramolecular Hbond substituents is 1. The lowest BCUT2D eigenvalue weighted by atomic mass is 9.82. The van der Waals surface area contributed by atoms with Gasteiger partial charge in [0.2, 0.25) is 9.84 Å². The molecule has 0 saturated carbocycles. The summed E-state index contributed by atoms with van der Waals surface area (Å²) >= 11 is 3.17. The number of aromatic hydroxyl groups is 1. The van der Waals surface area contributed by atoms with E-state index in [0.717, 1.165) is 12.1 Å². The first-order chi connectivity index (χ1) is 17.0. The third kappa shape index (κ3) is 5.65. The molecule has 0 saturated heterocycles. The van der Waals surface area contributed by atoms with Gasteiger partial charge in [-0.2, -0.15) is 18.4 Å². The fourth-order valence-electron chi connectivity index (χ4n) is 3.70. The van der Waals surface area contributed by atoms with Crippen LogP contribution in [0.5, 0.6) is 5.75 Å². The van der Waals surface area contributed by atoms with Gasteiger partial charge in [-0.25, -0.2) is 8.42 Å². The summed E-state index contributed by atoms with van der Waals surface area (Å²) in [5.41, 5.74) is -2.67. The predicted octanol–water partition coefficient (Wildman–Crippen LogP) is 6.74. The van der Waals surface area contributed by atoms with Crippen molar-refractivity contribution in [3.05, 3.63) is 80.8 Å². The number of carbonyl (C=O) groups is 1. The monoisotopic (exact) mass is 594 g/mol. The second kappa shape index (κ2) is 9.84. The van der Waals surface area contributed by atoms with Gasteiger partial charge >= 0.3 is 6.18 Å². The minimum Gasteiger partial charge on any atom is -0.507 e. The Balaban J connectivity index is 2.13. The normalized spacial score (nSPS) is 12.2. The summed E-state index contributed by atoms with van der Waals surface area (Å²) in [5, 5.41) is 22.5. The minimum atomic E-state index is -5.02. The smallest absolute Gasteiger partial charge is 0.418 e. The molecule has 0 unspecified atom stereocenters. The summed E-state index contributed by atoms with van der Waals surface area (Å²) < 4.78 is 68.4. The lowest BCUT2D eigenvalue weighted by Crippen LogP contribution is -2.21. The first-order valence-corrected chi connectivity index (χ1v) is 13.1. The number of amides is 1. The fourth-order valence-corrected chi connectivity index (χ4v) is 5.25. The van der Waals surface area contributed by atoms with Crippen molar-refractivity contribution in [1.29, 1.82) is 5.26 Å². The van der Waals surface area contributed by atoms with E-state index in [1.807, 2.05) is 6.07 Å². The van der Waals surface area contributed by atoms with Crippen molar-refractivity contribution in [2.75, 3.05) is 5.32 Å². The van der Waals surface area contributed by atoms with Crippen LogP contribution in [0.25, 0.3) is 0 Å². The molecule has 0 fully saturated rings. The lowest BCUT2D eigenvalue weighted by Gasteiger charge is -2.24. The molecule has 0 spiro atoms. The molecular formula is C26H22BrF3N2O4S. The van der Waals surface area contributed by atoms with E-state index in [1.54, 1.807) is 20.8 Å². The molecule has 0 aliphatic carbocycles. The number of hydrogen-bond acceptors (Lipinski definition) is 5. The van der Waals surface area contributed by atoms with Gasteiger partial charge in [0.25, 0.3) is 5.91 Å². The zero-order chi connectivity index (χ0) is 27.9.